The molecule has 1 aliphatic rings. The maximum absolute atomic E-state index is 13.0. The van der Waals surface area contributed by atoms with Crippen molar-refractivity contribution in [2.45, 2.75) is 18.6 Å². The first-order valence-electron chi connectivity index (χ1n) is 9.12. The smallest absolute Gasteiger partial charge is 0.123 e. The van der Waals surface area contributed by atoms with Crippen LogP contribution in [-0.2, 0) is 6.42 Å². The molecule has 0 unspecified atom stereocenters. The number of hydrogen-bond acceptors (Lipinski definition) is 4. The first-order chi connectivity index (χ1) is 13.2. The van der Waals surface area contributed by atoms with E-state index < -0.39 is 6.10 Å². The maximum Gasteiger partial charge on any atom is 0.123 e. The van der Waals surface area contributed by atoms with Crippen LogP contribution in [0.15, 0.2) is 66.0 Å². The van der Waals surface area contributed by atoms with E-state index in [1.807, 2.05) is 17.4 Å². The van der Waals surface area contributed by atoms with Crippen molar-refractivity contribution >= 4 is 11.3 Å². The van der Waals surface area contributed by atoms with Crippen molar-refractivity contribution in [3.63, 3.8) is 0 Å². The molecule has 3 aromatic rings. The van der Waals surface area contributed by atoms with Crippen LogP contribution in [0.5, 0.6) is 5.75 Å². The summed E-state index contributed by atoms with van der Waals surface area (Å²) in [4.78, 5) is 3.75. The van der Waals surface area contributed by atoms with Gasteiger partial charge in [-0.3, -0.25) is 4.90 Å². The van der Waals surface area contributed by atoms with Crippen molar-refractivity contribution in [1.82, 2.24) is 4.90 Å². The number of fused-ring (bicyclic) bond motifs is 1. The van der Waals surface area contributed by atoms with Crippen molar-refractivity contribution in [3.8, 4) is 5.75 Å². The Balaban J connectivity index is 1.46. The number of β-amino-alcohol motifs (C(OH)–C–C–N with tert-alkyl or cyclic N) is 1. The van der Waals surface area contributed by atoms with Crippen LogP contribution in [0.3, 0.4) is 0 Å². The molecule has 2 heterocycles. The van der Waals surface area contributed by atoms with Crippen LogP contribution in [0.2, 0.25) is 0 Å². The summed E-state index contributed by atoms with van der Waals surface area (Å²) < 4.78 is 18.6. The highest BCUT2D eigenvalue weighted by Gasteiger charge is 2.30. The van der Waals surface area contributed by atoms with Gasteiger partial charge in [-0.15, -0.1) is 11.3 Å². The van der Waals surface area contributed by atoms with Gasteiger partial charge in [0.05, 0.1) is 6.04 Å². The zero-order chi connectivity index (χ0) is 18.6. The van der Waals surface area contributed by atoms with Crippen LogP contribution < -0.4 is 4.74 Å². The highest BCUT2D eigenvalue weighted by molar-refractivity contribution is 7.10. The molecule has 2 atom stereocenters. The van der Waals surface area contributed by atoms with E-state index in [2.05, 4.69) is 40.6 Å². The summed E-state index contributed by atoms with van der Waals surface area (Å²) in [5.41, 5.74) is 2.58. The van der Waals surface area contributed by atoms with Crippen molar-refractivity contribution in [2.75, 3.05) is 19.7 Å². The van der Waals surface area contributed by atoms with Crippen molar-refractivity contribution in [3.05, 3.63) is 87.9 Å². The Morgan fingerprint density at radius 2 is 1.89 bits per heavy atom. The van der Waals surface area contributed by atoms with E-state index in [1.54, 1.807) is 12.1 Å². The van der Waals surface area contributed by atoms with Gasteiger partial charge in [0.15, 0.2) is 0 Å². The van der Waals surface area contributed by atoms with E-state index >= 15 is 0 Å². The lowest BCUT2D eigenvalue weighted by Gasteiger charge is -2.37. The number of nitrogens with zero attached hydrogens (tertiary/aromatic N) is 1. The topological polar surface area (TPSA) is 32.7 Å². The third-order valence-electron chi connectivity index (χ3n) is 4.88. The normalized spacial score (nSPS) is 18.1. The van der Waals surface area contributed by atoms with Gasteiger partial charge < -0.3 is 9.84 Å². The average Bonchev–Trinajstić information content (AvgIpc) is 3.17. The molecule has 1 aromatic heterocycles. The Morgan fingerprint density at radius 1 is 1.11 bits per heavy atom. The molecule has 2 aromatic carbocycles. The molecular formula is C22H22FNO2S. The second-order valence-corrected chi connectivity index (χ2v) is 7.78. The minimum Gasteiger partial charge on any atom is -0.491 e. The highest BCUT2D eigenvalue weighted by atomic mass is 32.1. The average molecular weight is 383 g/mol. The molecule has 0 spiro atoms. The maximum atomic E-state index is 13.0. The summed E-state index contributed by atoms with van der Waals surface area (Å²) in [5, 5.41) is 12.7. The van der Waals surface area contributed by atoms with Crippen LogP contribution in [0.25, 0.3) is 0 Å². The molecule has 0 radical (unpaired) electrons. The van der Waals surface area contributed by atoms with Gasteiger partial charge in [-0.1, -0.05) is 30.3 Å². The lowest BCUT2D eigenvalue weighted by Crippen LogP contribution is -2.42. The third-order valence-corrected chi connectivity index (χ3v) is 5.88. The number of aliphatic hydroxyl groups excluding tert-OH is 1. The fourth-order valence-corrected chi connectivity index (χ4v) is 4.54. The predicted octanol–water partition coefficient (Wildman–Crippen LogP) is 4.27. The van der Waals surface area contributed by atoms with Gasteiger partial charge >= 0.3 is 0 Å². The van der Waals surface area contributed by atoms with E-state index in [-0.39, 0.29) is 18.5 Å². The second-order valence-electron chi connectivity index (χ2n) is 6.78. The molecule has 5 heteroatoms. The number of hydrogen-bond donors (Lipinski definition) is 1. The van der Waals surface area contributed by atoms with Gasteiger partial charge in [0.2, 0.25) is 0 Å². The summed E-state index contributed by atoms with van der Waals surface area (Å²) in [5.74, 6) is 0.266. The molecule has 0 fully saturated rings. The first-order valence-corrected chi connectivity index (χ1v) is 10.0. The molecular weight excluding hydrogens is 361 g/mol. The van der Waals surface area contributed by atoms with Crippen molar-refractivity contribution in [2.24, 2.45) is 0 Å². The molecule has 140 valence electrons. The number of halogens is 1. The lowest BCUT2D eigenvalue weighted by molar-refractivity contribution is 0.0557. The van der Waals surface area contributed by atoms with E-state index in [0.29, 0.717) is 12.3 Å². The Bertz CT molecular complexity index is 866. The number of thiophene rings is 1. The van der Waals surface area contributed by atoms with Gasteiger partial charge in [-0.25, -0.2) is 4.39 Å². The molecule has 1 aliphatic heterocycles. The largest absolute Gasteiger partial charge is 0.491 e. The molecule has 0 saturated heterocycles. The fourth-order valence-electron chi connectivity index (χ4n) is 3.64. The minimum atomic E-state index is -0.624. The zero-order valence-corrected chi connectivity index (χ0v) is 15.7. The first kappa shape index (κ1) is 18.2. The lowest BCUT2D eigenvalue weighted by atomic mass is 9.93. The van der Waals surface area contributed by atoms with E-state index in [4.69, 9.17) is 4.74 Å². The summed E-state index contributed by atoms with van der Waals surface area (Å²) >= 11 is 1.81. The SMILES string of the molecule is O[C@@H](COc1ccc(F)cc1)CN1CCc2sccc2[C@H]1c1ccccc1. The Hall–Kier alpha value is -2.21. The monoisotopic (exact) mass is 383 g/mol. The molecule has 27 heavy (non-hydrogen) atoms. The van der Waals surface area contributed by atoms with Gasteiger partial charge in [0, 0.05) is 18.0 Å². The quantitative estimate of drug-likeness (QED) is 0.690. The van der Waals surface area contributed by atoms with E-state index in [0.717, 1.165) is 13.0 Å². The van der Waals surface area contributed by atoms with Crippen LogP contribution >= 0.6 is 11.3 Å². The van der Waals surface area contributed by atoms with Gasteiger partial charge in [-0.2, -0.15) is 0 Å². The van der Waals surface area contributed by atoms with Crippen LogP contribution in [0.1, 0.15) is 22.0 Å². The van der Waals surface area contributed by atoms with Crippen molar-refractivity contribution in [1.29, 1.82) is 0 Å². The highest BCUT2D eigenvalue weighted by Crippen LogP contribution is 2.37. The number of ether oxygens (including phenoxy) is 1. The van der Waals surface area contributed by atoms with E-state index in [9.17, 15) is 9.50 Å². The molecule has 0 aliphatic carbocycles. The van der Waals surface area contributed by atoms with Gasteiger partial charge in [0.25, 0.3) is 0 Å². The zero-order valence-electron chi connectivity index (χ0n) is 14.9. The molecule has 1 N–H and O–H groups in total. The summed E-state index contributed by atoms with van der Waals surface area (Å²) in [7, 11) is 0. The molecule has 0 bridgehead atoms. The summed E-state index contributed by atoms with van der Waals surface area (Å²) in [6.07, 6.45) is 0.378. The Labute approximate surface area is 162 Å². The summed E-state index contributed by atoms with van der Waals surface area (Å²) in [6, 6.07) is 18.7. The fraction of sp³-hybridized carbons (Fsp3) is 0.273. The Kier molecular flexibility index (Phi) is 5.53. The second kappa shape index (κ2) is 8.21. The third kappa shape index (κ3) is 4.21. The van der Waals surface area contributed by atoms with Gasteiger partial charge in [-0.05, 0) is 53.3 Å². The van der Waals surface area contributed by atoms with Crippen LogP contribution in [0.4, 0.5) is 4.39 Å². The minimum absolute atomic E-state index is 0.154. The molecule has 3 nitrogen and oxygen atoms in total. The Morgan fingerprint density at radius 3 is 2.67 bits per heavy atom. The van der Waals surface area contributed by atoms with Gasteiger partial charge in [0.1, 0.15) is 24.3 Å². The number of benzene rings is 2. The van der Waals surface area contributed by atoms with Crippen molar-refractivity contribution < 1.29 is 14.2 Å². The molecule has 4 rings (SSSR count). The van der Waals surface area contributed by atoms with Crippen LogP contribution in [-0.4, -0.2) is 35.8 Å². The number of aliphatic hydroxyl groups is 1. The van der Waals surface area contributed by atoms with Crippen LogP contribution in [0, 0.1) is 5.82 Å². The molecule has 0 saturated carbocycles. The standard InChI is InChI=1S/C22H22FNO2S/c23-17-6-8-19(9-7-17)26-15-18(25)14-24-12-10-21-20(11-13-27-21)22(24)16-4-2-1-3-5-16/h1-9,11,13,18,22,25H,10,12,14-15H2/t18-,22-/m1/s1. The molecule has 0 amide bonds. The predicted molar refractivity (Wildman–Crippen MR) is 106 cm³/mol. The summed E-state index contributed by atoms with van der Waals surface area (Å²) in [6.45, 7) is 1.61. The van der Waals surface area contributed by atoms with E-state index in [1.165, 1.54) is 28.1 Å². The number of rotatable bonds is 6.